The maximum atomic E-state index is 8.58. The highest BCUT2D eigenvalue weighted by atomic mass is 35.5. The monoisotopic (exact) mass is 325 g/mol. The molecule has 0 radical (unpaired) electrons. The van der Waals surface area contributed by atoms with Gasteiger partial charge in [-0.1, -0.05) is 41.9 Å². The van der Waals surface area contributed by atoms with Crippen molar-refractivity contribution in [2.24, 2.45) is 0 Å². The zero-order chi connectivity index (χ0) is 16.4. The van der Waals surface area contributed by atoms with Crippen molar-refractivity contribution in [3.05, 3.63) is 70.5 Å². The largest absolute Gasteiger partial charge is 0.357 e. The van der Waals surface area contributed by atoms with E-state index in [1.165, 1.54) is 0 Å². The van der Waals surface area contributed by atoms with E-state index in [0.717, 1.165) is 22.6 Å². The number of anilines is 1. The Hall–Kier alpha value is -2.66. The predicted molar refractivity (Wildman–Crippen MR) is 93.0 cm³/mol. The molecule has 3 rings (SSSR count). The van der Waals surface area contributed by atoms with Crippen LogP contribution in [0.15, 0.2) is 48.5 Å². The number of hydrogen-bond acceptors (Lipinski definition) is 4. The summed E-state index contributed by atoms with van der Waals surface area (Å²) in [6.07, 6.45) is 0. The summed E-state index contributed by atoms with van der Waals surface area (Å²) in [4.78, 5) is 0. The fraction of sp³-hybridized carbons (Fsp3) is 0.118. The van der Waals surface area contributed by atoms with Gasteiger partial charge in [0.1, 0.15) is 5.82 Å². The van der Waals surface area contributed by atoms with E-state index in [9.17, 15) is 0 Å². The van der Waals surface area contributed by atoms with Crippen molar-refractivity contribution in [2.75, 3.05) is 12.4 Å². The van der Waals surface area contributed by atoms with Crippen LogP contribution in [0.2, 0.25) is 5.02 Å². The predicted octanol–water partition coefficient (Wildman–Crippen LogP) is 3.69. The number of hydrogen-bond donors (Lipinski definition) is 2. The second-order valence-corrected chi connectivity index (χ2v) is 5.50. The van der Waals surface area contributed by atoms with Crippen LogP contribution in [0.3, 0.4) is 0 Å². The molecule has 5 nitrogen and oxygen atoms in total. The Morgan fingerprint density at radius 2 is 1.87 bits per heavy atom. The lowest BCUT2D eigenvalue weighted by molar-refractivity contribution is 0.968. The van der Waals surface area contributed by atoms with Crippen molar-refractivity contribution >= 4 is 23.3 Å². The van der Waals surface area contributed by atoms with Crippen LogP contribution in [0.25, 0.3) is 5.69 Å². The molecular formula is C17H16ClN5. The van der Waals surface area contributed by atoms with Crippen molar-refractivity contribution in [2.45, 2.75) is 6.92 Å². The highest BCUT2D eigenvalue weighted by molar-refractivity contribution is 6.31. The van der Waals surface area contributed by atoms with Crippen molar-refractivity contribution in [3.63, 3.8) is 0 Å². The Kier molecular flexibility index (Phi) is 4.12. The molecule has 2 aromatic carbocycles. The summed E-state index contributed by atoms with van der Waals surface area (Å²) in [5.74, 6) is 1.35. The normalized spacial score (nSPS) is 10.6. The van der Waals surface area contributed by atoms with Crippen LogP contribution in [0.1, 0.15) is 17.0 Å². The van der Waals surface area contributed by atoms with E-state index < -0.39 is 0 Å². The van der Waals surface area contributed by atoms with Gasteiger partial charge >= 0.3 is 0 Å². The quantitative estimate of drug-likeness (QED) is 0.719. The van der Waals surface area contributed by atoms with Gasteiger partial charge in [-0.3, -0.25) is 9.98 Å². The lowest BCUT2D eigenvalue weighted by atomic mass is 10.0. The van der Waals surface area contributed by atoms with E-state index in [0.29, 0.717) is 16.7 Å². The molecule has 0 amide bonds. The van der Waals surface area contributed by atoms with Crippen LogP contribution >= 0.6 is 11.6 Å². The number of rotatable bonds is 4. The van der Waals surface area contributed by atoms with E-state index >= 15 is 0 Å². The molecule has 0 saturated carbocycles. The molecule has 23 heavy (non-hydrogen) atoms. The number of aromatic nitrogens is 3. The molecule has 0 atom stereocenters. The van der Waals surface area contributed by atoms with E-state index in [1.54, 1.807) is 19.2 Å². The molecule has 1 heterocycles. The Morgan fingerprint density at radius 1 is 1.13 bits per heavy atom. The van der Waals surface area contributed by atoms with Crippen LogP contribution in [0, 0.1) is 12.3 Å². The summed E-state index contributed by atoms with van der Waals surface area (Å²) in [6.45, 7) is 1.87. The highest BCUT2D eigenvalue weighted by Crippen LogP contribution is 2.25. The zero-order valence-electron chi connectivity index (χ0n) is 12.8. The summed E-state index contributed by atoms with van der Waals surface area (Å²) in [6, 6.07) is 15.1. The average Bonchev–Trinajstić information content (AvgIpc) is 2.95. The van der Waals surface area contributed by atoms with Crippen LogP contribution in [0.5, 0.6) is 0 Å². The summed E-state index contributed by atoms with van der Waals surface area (Å²) in [5.41, 5.74) is 2.77. The van der Waals surface area contributed by atoms with Gasteiger partial charge in [-0.2, -0.15) is 0 Å². The van der Waals surface area contributed by atoms with Crippen LogP contribution in [-0.2, 0) is 0 Å². The fourth-order valence-corrected chi connectivity index (χ4v) is 2.65. The molecule has 0 saturated heterocycles. The maximum absolute atomic E-state index is 8.58. The summed E-state index contributed by atoms with van der Waals surface area (Å²) in [5, 5.41) is 20.4. The van der Waals surface area contributed by atoms with Gasteiger partial charge in [-0.25, -0.2) is 0 Å². The van der Waals surface area contributed by atoms with Crippen molar-refractivity contribution < 1.29 is 0 Å². The van der Waals surface area contributed by atoms with E-state index in [4.69, 9.17) is 17.0 Å². The minimum absolute atomic E-state index is 0.401. The number of benzene rings is 2. The Balaban J connectivity index is 2.20. The number of halogens is 1. The van der Waals surface area contributed by atoms with Gasteiger partial charge in [-0.15, -0.1) is 10.2 Å². The number of aryl methyl sites for hydroxylation is 1. The molecule has 0 unspecified atom stereocenters. The molecule has 0 spiro atoms. The second kappa shape index (κ2) is 6.22. The minimum atomic E-state index is 0.401. The lowest BCUT2D eigenvalue weighted by Crippen LogP contribution is -2.10. The van der Waals surface area contributed by atoms with Crippen LogP contribution in [-0.4, -0.2) is 27.5 Å². The molecule has 2 N–H and O–H groups in total. The first-order valence-electron chi connectivity index (χ1n) is 7.16. The first kappa shape index (κ1) is 15.2. The lowest BCUT2D eigenvalue weighted by Gasteiger charge is -2.15. The average molecular weight is 326 g/mol. The maximum Gasteiger partial charge on any atom is 0.229 e. The zero-order valence-corrected chi connectivity index (χ0v) is 13.6. The molecule has 0 fully saturated rings. The van der Waals surface area contributed by atoms with Gasteiger partial charge in [-0.05, 0) is 25.1 Å². The van der Waals surface area contributed by atoms with E-state index in [2.05, 4.69) is 15.5 Å². The van der Waals surface area contributed by atoms with Crippen molar-refractivity contribution in [1.29, 1.82) is 5.41 Å². The third-order valence-electron chi connectivity index (χ3n) is 3.58. The molecule has 6 heteroatoms. The first-order valence-corrected chi connectivity index (χ1v) is 7.53. The molecule has 0 aliphatic carbocycles. The third-order valence-corrected chi connectivity index (χ3v) is 3.81. The van der Waals surface area contributed by atoms with Gasteiger partial charge in [0.25, 0.3) is 0 Å². The number of nitrogens with one attached hydrogen (secondary N) is 2. The van der Waals surface area contributed by atoms with Crippen LogP contribution in [0.4, 0.5) is 5.95 Å². The molecule has 0 bridgehead atoms. The van der Waals surface area contributed by atoms with E-state index in [1.807, 2.05) is 47.9 Å². The molecule has 116 valence electrons. The highest BCUT2D eigenvalue weighted by Gasteiger charge is 2.17. The summed E-state index contributed by atoms with van der Waals surface area (Å²) in [7, 11) is 1.79. The van der Waals surface area contributed by atoms with Gasteiger partial charge in [0, 0.05) is 23.2 Å². The topological polar surface area (TPSA) is 66.6 Å². The van der Waals surface area contributed by atoms with Gasteiger partial charge in [0.05, 0.1) is 11.4 Å². The van der Waals surface area contributed by atoms with Crippen molar-refractivity contribution in [1.82, 2.24) is 14.8 Å². The first-order chi connectivity index (χ1) is 11.1. The fourth-order valence-electron chi connectivity index (χ4n) is 2.48. The molecule has 1 aromatic heterocycles. The standard InChI is InChI=1S/C17H16ClN5/c1-11-21-22-17(20-2)23(11)15-9-8-13(18)10-14(15)16(19)12-6-4-3-5-7-12/h3-10,19H,1-2H3,(H,20,22). The third kappa shape index (κ3) is 2.83. The Bertz CT molecular complexity index is 855. The van der Waals surface area contributed by atoms with Gasteiger partial charge < -0.3 is 5.32 Å². The van der Waals surface area contributed by atoms with Crippen molar-refractivity contribution in [3.8, 4) is 5.69 Å². The molecule has 0 aliphatic heterocycles. The van der Waals surface area contributed by atoms with Gasteiger partial charge in [0.2, 0.25) is 5.95 Å². The smallest absolute Gasteiger partial charge is 0.229 e. The molecule has 3 aromatic rings. The van der Waals surface area contributed by atoms with E-state index in [-0.39, 0.29) is 0 Å². The SMILES string of the molecule is CNc1nnc(C)n1-c1ccc(Cl)cc1C(=N)c1ccccc1. The van der Waals surface area contributed by atoms with Crippen LogP contribution < -0.4 is 5.32 Å². The Morgan fingerprint density at radius 3 is 2.57 bits per heavy atom. The number of nitrogens with zero attached hydrogens (tertiary/aromatic N) is 3. The molecule has 0 aliphatic rings. The summed E-state index contributed by atoms with van der Waals surface area (Å²) < 4.78 is 1.88. The van der Waals surface area contributed by atoms with Gasteiger partial charge in [0.15, 0.2) is 0 Å². The Labute approximate surface area is 139 Å². The minimum Gasteiger partial charge on any atom is -0.357 e. The molecular weight excluding hydrogens is 310 g/mol. The summed E-state index contributed by atoms with van der Waals surface area (Å²) >= 11 is 6.17. The second-order valence-electron chi connectivity index (χ2n) is 5.06.